The second-order valence-electron chi connectivity index (χ2n) is 2.96. The summed E-state index contributed by atoms with van der Waals surface area (Å²) in [6, 6.07) is 1.95. The molecule has 0 aliphatic rings. The Kier molecular flexibility index (Phi) is 1.88. The predicted molar refractivity (Wildman–Crippen MR) is 51.8 cm³/mol. The predicted octanol–water partition coefficient (Wildman–Crippen LogP) is 2.30. The Morgan fingerprint density at radius 3 is 2.77 bits per heavy atom. The van der Waals surface area contributed by atoms with E-state index in [1.165, 1.54) is 0 Å². The number of aryl methyl sites for hydroxylation is 2. The first kappa shape index (κ1) is 8.38. The minimum Gasteiger partial charge on any atom is -0.252 e. The van der Waals surface area contributed by atoms with Crippen LogP contribution in [0.3, 0.4) is 0 Å². The summed E-state index contributed by atoms with van der Waals surface area (Å²) in [7, 11) is 0. The lowest BCUT2D eigenvalue weighted by Gasteiger charge is -2.00. The second kappa shape index (κ2) is 2.92. The van der Waals surface area contributed by atoms with Crippen molar-refractivity contribution in [2.45, 2.75) is 13.8 Å². The van der Waals surface area contributed by atoms with Crippen molar-refractivity contribution < 1.29 is 0 Å². The van der Waals surface area contributed by atoms with Crippen LogP contribution in [0.4, 0.5) is 0 Å². The van der Waals surface area contributed by atoms with Crippen LogP contribution in [0.2, 0.25) is 5.28 Å². The third-order valence-corrected chi connectivity index (χ3v) is 1.99. The zero-order valence-corrected chi connectivity index (χ0v) is 8.13. The van der Waals surface area contributed by atoms with E-state index in [4.69, 9.17) is 11.6 Å². The van der Waals surface area contributed by atoms with Crippen molar-refractivity contribution in [3.05, 3.63) is 28.8 Å². The molecule has 4 heteroatoms. The Balaban J connectivity index is 2.86. The first-order valence-corrected chi connectivity index (χ1v) is 4.31. The van der Waals surface area contributed by atoms with Crippen LogP contribution in [0.15, 0.2) is 12.3 Å². The smallest absolute Gasteiger partial charge is 0.223 e. The van der Waals surface area contributed by atoms with Crippen molar-refractivity contribution in [2.24, 2.45) is 0 Å². The van der Waals surface area contributed by atoms with Crippen LogP contribution in [0.1, 0.15) is 11.3 Å². The molecule has 2 aromatic heterocycles. The molecule has 0 unspecified atom stereocenters. The third kappa shape index (κ3) is 1.47. The van der Waals surface area contributed by atoms with Gasteiger partial charge in [0.1, 0.15) is 5.52 Å². The summed E-state index contributed by atoms with van der Waals surface area (Å²) in [6.07, 6.45) is 1.80. The van der Waals surface area contributed by atoms with Gasteiger partial charge in [-0.15, -0.1) is 0 Å². The number of aromatic nitrogens is 3. The van der Waals surface area contributed by atoms with Crippen molar-refractivity contribution in [2.75, 3.05) is 0 Å². The molecule has 0 aliphatic carbocycles. The van der Waals surface area contributed by atoms with Gasteiger partial charge in [0.15, 0.2) is 0 Å². The van der Waals surface area contributed by atoms with Crippen molar-refractivity contribution in [1.29, 1.82) is 0 Å². The summed E-state index contributed by atoms with van der Waals surface area (Å²) in [5, 5.41) is 0.275. The Morgan fingerprint density at radius 1 is 1.23 bits per heavy atom. The van der Waals surface area contributed by atoms with E-state index in [1.807, 2.05) is 19.9 Å². The van der Waals surface area contributed by atoms with Crippen LogP contribution in [0, 0.1) is 13.8 Å². The first-order valence-electron chi connectivity index (χ1n) is 3.93. The molecular formula is C9H8ClN3. The van der Waals surface area contributed by atoms with Gasteiger partial charge in [-0.3, -0.25) is 4.98 Å². The second-order valence-corrected chi connectivity index (χ2v) is 3.30. The Hall–Kier alpha value is -1.22. The fourth-order valence-corrected chi connectivity index (χ4v) is 1.45. The molecule has 2 rings (SSSR count). The van der Waals surface area contributed by atoms with Gasteiger partial charge in [-0.2, -0.15) is 0 Å². The average Bonchev–Trinajstić information content (AvgIpc) is 2.02. The maximum atomic E-state index is 5.73. The molecule has 0 aromatic carbocycles. The number of hydrogen-bond acceptors (Lipinski definition) is 3. The van der Waals surface area contributed by atoms with Gasteiger partial charge in [-0.1, -0.05) is 0 Å². The highest BCUT2D eigenvalue weighted by Crippen LogP contribution is 2.15. The summed E-state index contributed by atoms with van der Waals surface area (Å²) in [5.41, 5.74) is 3.50. The lowest BCUT2D eigenvalue weighted by Crippen LogP contribution is -1.92. The Bertz CT molecular complexity index is 462. The monoisotopic (exact) mass is 193 g/mol. The molecule has 0 aliphatic heterocycles. The highest BCUT2D eigenvalue weighted by atomic mass is 35.5. The van der Waals surface area contributed by atoms with Gasteiger partial charge in [0, 0.05) is 6.20 Å². The zero-order valence-electron chi connectivity index (χ0n) is 7.37. The molecule has 66 valence electrons. The summed E-state index contributed by atoms with van der Waals surface area (Å²) in [5.74, 6) is 0. The number of fused-ring (bicyclic) bond motifs is 1. The van der Waals surface area contributed by atoms with Crippen molar-refractivity contribution in [3.63, 3.8) is 0 Å². The van der Waals surface area contributed by atoms with Gasteiger partial charge in [0.2, 0.25) is 5.28 Å². The minimum atomic E-state index is 0.275. The number of rotatable bonds is 0. The number of halogens is 1. The van der Waals surface area contributed by atoms with E-state index in [1.54, 1.807) is 6.20 Å². The van der Waals surface area contributed by atoms with Gasteiger partial charge < -0.3 is 0 Å². The van der Waals surface area contributed by atoms with Crippen LogP contribution in [-0.2, 0) is 0 Å². The quantitative estimate of drug-likeness (QED) is 0.603. The molecule has 0 fully saturated rings. The van der Waals surface area contributed by atoms with Crippen LogP contribution in [0.25, 0.3) is 11.0 Å². The normalized spacial score (nSPS) is 10.7. The molecule has 0 bridgehead atoms. The lowest BCUT2D eigenvalue weighted by molar-refractivity contribution is 1.12. The van der Waals surface area contributed by atoms with E-state index in [2.05, 4.69) is 15.0 Å². The van der Waals surface area contributed by atoms with Gasteiger partial charge in [0.25, 0.3) is 0 Å². The summed E-state index contributed by atoms with van der Waals surface area (Å²) >= 11 is 5.73. The number of hydrogen-bond donors (Lipinski definition) is 0. The molecule has 3 nitrogen and oxygen atoms in total. The number of nitrogens with zero attached hydrogens (tertiary/aromatic N) is 3. The SMILES string of the molecule is Cc1cnc2c(C)nc(Cl)nc2c1. The van der Waals surface area contributed by atoms with Crippen molar-refractivity contribution in [1.82, 2.24) is 15.0 Å². The van der Waals surface area contributed by atoms with Gasteiger partial charge >= 0.3 is 0 Å². The van der Waals surface area contributed by atoms with E-state index in [0.29, 0.717) is 0 Å². The van der Waals surface area contributed by atoms with Gasteiger partial charge in [0.05, 0.1) is 11.2 Å². The molecule has 0 amide bonds. The third-order valence-electron chi connectivity index (χ3n) is 1.82. The minimum absolute atomic E-state index is 0.275. The molecule has 0 saturated heterocycles. The molecule has 0 atom stereocenters. The molecule has 2 aromatic rings. The van der Waals surface area contributed by atoms with Crippen LogP contribution in [0.5, 0.6) is 0 Å². The van der Waals surface area contributed by atoms with Crippen molar-refractivity contribution in [3.8, 4) is 0 Å². The Morgan fingerprint density at radius 2 is 2.00 bits per heavy atom. The largest absolute Gasteiger partial charge is 0.252 e. The molecule has 0 saturated carbocycles. The van der Waals surface area contributed by atoms with Crippen LogP contribution >= 0.6 is 11.6 Å². The maximum Gasteiger partial charge on any atom is 0.223 e. The fourth-order valence-electron chi connectivity index (χ4n) is 1.23. The van der Waals surface area contributed by atoms with E-state index in [-0.39, 0.29) is 5.28 Å². The number of pyridine rings is 1. The summed E-state index contributed by atoms with van der Waals surface area (Å²) in [6.45, 7) is 3.84. The van der Waals surface area contributed by atoms with Gasteiger partial charge in [-0.25, -0.2) is 9.97 Å². The highest BCUT2D eigenvalue weighted by molar-refractivity contribution is 6.28. The highest BCUT2D eigenvalue weighted by Gasteiger charge is 2.03. The van der Waals surface area contributed by atoms with E-state index in [9.17, 15) is 0 Å². The summed E-state index contributed by atoms with van der Waals surface area (Å²) < 4.78 is 0. The van der Waals surface area contributed by atoms with Gasteiger partial charge in [-0.05, 0) is 37.1 Å². The zero-order chi connectivity index (χ0) is 9.42. The van der Waals surface area contributed by atoms with Crippen LogP contribution in [-0.4, -0.2) is 15.0 Å². The molecule has 0 spiro atoms. The average molecular weight is 194 g/mol. The first-order chi connectivity index (χ1) is 6.16. The van der Waals surface area contributed by atoms with E-state index >= 15 is 0 Å². The lowest BCUT2D eigenvalue weighted by atomic mass is 10.2. The van der Waals surface area contributed by atoms with E-state index < -0.39 is 0 Å². The fraction of sp³-hybridized carbons (Fsp3) is 0.222. The molecule has 13 heavy (non-hydrogen) atoms. The van der Waals surface area contributed by atoms with Crippen molar-refractivity contribution >= 4 is 22.6 Å². The topological polar surface area (TPSA) is 38.7 Å². The summed E-state index contributed by atoms with van der Waals surface area (Å²) in [4.78, 5) is 12.4. The molecule has 0 N–H and O–H groups in total. The van der Waals surface area contributed by atoms with E-state index in [0.717, 1.165) is 22.3 Å². The van der Waals surface area contributed by atoms with Crippen LogP contribution < -0.4 is 0 Å². The molecule has 2 heterocycles. The Labute approximate surface area is 80.8 Å². The maximum absolute atomic E-state index is 5.73. The molecular weight excluding hydrogens is 186 g/mol. The molecule has 0 radical (unpaired) electrons. The standard InChI is InChI=1S/C9H8ClN3/c1-5-3-7-8(11-4-5)6(2)12-9(10)13-7/h3-4H,1-2H3.